The van der Waals surface area contributed by atoms with E-state index in [0.29, 0.717) is 0 Å². The molecule has 0 bridgehead atoms. The number of hydrogen-bond donors (Lipinski definition) is 6. The lowest BCUT2D eigenvalue weighted by atomic mass is 10.1. The highest BCUT2D eigenvalue weighted by Gasteiger charge is 2.43. The smallest absolute Gasteiger partial charge is 0.328 e. The predicted molar refractivity (Wildman–Crippen MR) is 86.6 cm³/mol. The summed E-state index contributed by atoms with van der Waals surface area (Å²) in [6.07, 6.45) is -1.82. The van der Waals surface area contributed by atoms with Crippen molar-refractivity contribution in [2.24, 2.45) is 0 Å². The third-order valence-electron chi connectivity index (χ3n) is 3.33. The van der Waals surface area contributed by atoms with E-state index in [9.17, 15) is 24.6 Å². The molecule has 136 valence electrons. The molecule has 2 aromatic heterocycles. The standard InChI is InChI=1S/C9H12N2O5S.C4H4N2O2/c12-3-4-6(13)7(14)8(16-4)11-2-1-5(17)10-9(11)15;7-3-1-2-5-4(8)6-3/h1-2,4,6-8,12-14H,3H2,(H,10,15,17);1-2H,(H2,5,6,7,8)/t4-,6-,7-,8-;/m1./s1. The van der Waals surface area contributed by atoms with Gasteiger partial charge in [-0.1, -0.05) is 12.2 Å². The van der Waals surface area contributed by atoms with E-state index >= 15 is 0 Å². The lowest BCUT2D eigenvalue weighted by Gasteiger charge is -2.16. The maximum absolute atomic E-state index is 11.6. The Kier molecular flexibility index (Phi) is 6.17. The van der Waals surface area contributed by atoms with E-state index in [0.717, 1.165) is 4.57 Å². The number of rotatable bonds is 2. The van der Waals surface area contributed by atoms with Gasteiger partial charge in [0.05, 0.1) is 6.61 Å². The van der Waals surface area contributed by atoms with Gasteiger partial charge in [-0.2, -0.15) is 0 Å². The van der Waals surface area contributed by atoms with Crippen molar-refractivity contribution in [1.29, 1.82) is 0 Å². The molecule has 1 aliphatic heterocycles. The summed E-state index contributed by atoms with van der Waals surface area (Å²) in [5.74, 6) is 0. The van der Waals surface area contributed by atoms with E-state index in [1.54, 1.807) is 0 Å². The molecule has 4 atom stereocenters. The van der Waals surface area contributed by atoms with Crippen molar-refractivity contribution < 1.29 is 20.1 Å². The van der Waals surface area contributed by atoms with Crippen LogP contribution in [0.25, 0.3) is 0 Å². The fourth-order valence-corrected chi connectivity index (χ4v) is 2.27. The summed E-state index contributed by atoms with van der Waals surface area (Å²) in [5.41, 5.74) is -1.40. The van der Waals surface area contributed by atoms with E-state index in [-0.39, 0.29) is 10.2 Å². The fraction of sp³-hybridized carbons (Fsp3) is 0.385. The highest BCUT2D eigenvalue weighted by molar-refractivity contribution is 7.71. The van der Waals surface area contributed by atoms with Crippen LogP contribution < -0.4 is 16.9 Å². The van der Waals surface area contributed by atoms with Crippen molar-refractivity contribution in [3.63, 3.8) is 0 Å². The highest BCUT2D eigenvalue weighted by Crippen LogP contribution is 2.27. The molecule has 0 aromatic carbocycles. The van der Waals surface area contributed by atoms with Gasteiger partial charge in [-0.3, -0.25) is 19.3 Å². The minimum Gasteiger partial charge on any atom is -0.394 e. The Hall–Kier alpha value is -2.38. The molecule has 2 aromatic rings. The normalized spacial score (nSPS) is 25.2. The SMILES string of the molecule is O=c1[nH]c(=S)ccn1[C@@H]1O[C@H](CO)[C@@H](O)[C@H]1O.O=c1cc[nH]c(=O)[nH]1. The summed E-state index contributed by atoms with van der Waals surface area (Å²) in [4.78, 5) is 38.6. The molecule has 0 amide bonds. The van der Waals surface area contributed by atoms with E-state index in [2.05, 4.69) is 9.97 Å². The third kappa shape index (κ3) is 4.58. The van der Waals surface area contributed by atoms with Crippen LogP contribution in [0.4, 0.5) is 0 Å². The van der Waals surface area contributed by atoms with Crippen LogP contribution in [0.1, 0.15) is 6.23 Å². The number of H-pyrrole nitrogens is 3. The maximum atomic E-state index is 11.6. The largest absolute Gasteiger partial charge is 0.394 e. The number of aliphatic hydroxyl groups excluding tert-OH is 3. The van der Waals surface area contributed by atoms with Gasteiger partial charge in [0.25, 0.3) is 5.56 Å². The van der Waals surface area contributed by atoms with E-state index in [1.165, 1.54) is 24.5 Å². The van der Waals surface area contributed by atoms with Crippen LogP contribution >= 0.6 is 12.2 Å². The zero-order valence-corrected chi connectivity index (χ0v) is 13.5. The number of aliphatic hydroxyl groups is 3. The number of ether oxygens (including phenoxy) is 1. The van der Waals surface area contributed by atoms with Crippen LogP contribution in [-0.2, 0) is 4.74 Å². The number of nitrogens with zero attached hydrogens (tertiary/aromatic N) is 1. The fourth-order valence-electron chi connectivity index (χ4n) is 2.12. The van der Waals surface area contributed by atoms with Gasteiger partial charge >= 0.3 is 11.4 Å². The van der Waals surface area contributed by atoms with Gasteiger partial charge in [-0.15, -0.1) is 0 Å². The molecule has 11 nitrogen and oxygen atoms in total. The summed E-state index contributed by atoms with van der Waals surface area (Å²) in [5, 5.41) is 28.2. The number of nitrogens with one attached hydrogen (secondary N) is 3. The zero-order chi connectivity index (χ0) is 18.6. The van der Waals surface area contributed by atoms with Gasteiger partial charge in [-0.25, -0.2) is 9.59 Å². The average molecular weight is 372 g/mol. The Morgan fingerprint density at radius 1 is 1.16 bits per heavy atom. The predicted octanol–water partition coefficient (Wildman–Crippen LogP) is -2.42. The quantitative estimate of drug-likeness (QED) is 0.316. The van der Waals surface area contributed by atoms with Gasteiger partial charge in [0.15, 0.2) is 6.23 Å². The van der Waals surface area contributed by atoms with Crippen LogP contribution in [0.3, 0.4) is 0 Å². The summed E-state index contributed by atoms with van der Waals surface area (Å²) in [6, 6.07) is 2.70. The first-order valence-electron chi connectivity index (χ1n) is 7.05. The lowest BCUT2D eigenvalue weighted by Crippen LogP contribution is -2.35. The molecule has 1 aliphatic rings. The Morgan fingerprint density at radius 2 is 1.88 bits per heavy atom. The molecule has 25 heavy (non-hydrogen) atoms. The van der Waals surface area contributed by atoms with Crippen LogP contribution in [0.5, 0.6) is 0 Å². The van der Waals surface area contributed by atoms with Gasteiger partial charge in [0.1, 0.15) is 23.0 Å². The molecule has 6 N–H and O–H groups in total. The van der Waals surface area contributed by atoms with Gasteiger partial charge < -0.3 is 25.0 Å². The molecule has 0 radical (unpaired) electrons. The molecule has 1 saturated heterocycles. The summed E-state index contributed by atoms with van der Waals surface area (Å²) >= 11 is 4.77. The first-order valence-corrected chi connectivity index (χ1v) is 7.46. The second-order valence-corrected chi connectivity index (χ2v) is 5.48. The van der Waals surface area contributed by atoms with Crippen LogP contribution in [0.15, 0.2) is 38.9 Å². The van der Waals surface area contributed by atoms with E-state index < -0.39 is 42.5 Å². The first-order chi connectivity index (χ1) is 11.8. The molecular formula is C13H16N4O7S. The Bertz CT molecular complexity index is 907. The minimum atomic E-state index is -1.28. The Balaban J connectivity index is 0.000000236. The van der Waals surface area contributed by atoms with Crippen molar-refractivity contribution in [3.05, 3.63) is 60.5 Å². The van der Waals surface area contributed by atoms with Gasteiger partial charge in [-0.05, 0) is 6.07 Å². The van der Waals surface area contributed by atoms with E-state index in [4.69, 9.17) is 22.1 Å². The second kappa shape index (κ2) is 8.13. The zero-order valence-electron chi connectivity index (χ0n) is 12.7. The average Bonchev–Trinajstić information content (AvgIpc) is 2.83. The van der Waals surface area contributed by atoms with Crippen molar-refractivity contribution in [2.75, 3.05) is 6.61 Å². The van der Waals surface area contributed by atoms with Crippen molar-refractivity contribution >= 4 is 12.2 Å². The Labute approximate surface area is 144 Å². The molecule has 0 saturated carbocycles. The summed E-state index contributed by atoms with van der Waals surface area (Å²) < 4.78 is 6.55. The van der Waals surface area contributed by atoms with Crippen LogP contribution in [-0.4, -0.2) is 59.8 Å². The number of hydrogen-bond acceptors (Lipinski definition) is 8. The second-order valence-electron chi connectivity index (χ2n) is 5.04. The molecule has 0 spiro atoms. The highest BCUT2D eigenvalue weighted by atomic mass is 32.1. The topological polar surface area (TPSA) is 173 Å². The third-order valence-corrected chi connectivity index (χ3v) is 3.57. The molecule has 0 unspecified atom stereocenters. The number of aromatic amines is 3. The van der Waals surface area contributed by atoms with Crippen molar-refractivity contribution in [2.45, 2.75) is 24.5 Å². The molecule has 12 heteroatoms. The minimum absolute atomic E-state index is 0.262. The van der Waals surface area contributed by atoms with Gasteiger partial charge in [0.2, 0.25) is 0 Å². The molecule has 0 aliphatic carbocycles. The number of aromatic nitrogens is 4. The lowest BCUT2D eigenvalue weighted by molar-refractivity contribution is -0.0550. The maximum Gasteiger partial charge on any atom is 0.328 e. The summed E-state index contributed by atoms with van der Waals surface area (Å²) in [6.45, 7) is -0.438. The van der Waals surface area contributed by atoms with Crippen LogP contribution in [0, 0.1) is 4.64 Å². The van der Waals surface area contributed by atoms with Crippen molar-refractivity contribution in [3.8, 4) is 0 Å². The summed E-state index contributed by atoms with van der Waals surface area (Å²) in [7, 11) is 0. The molecule has 1 fully saturated rings. The first kappa shape index (κ1) is 19.0. The molecular weight excluding hydrogens is 356 g/mol. The van der Waals surface area contributed by atoms with Crippen LogP contribution in [0.2, 0.25) is 0 Å². The Morgan fingerprint density at radius 3 is 2.36 bits per heavy atom. The van der Waals surface area contributed by atoms with Gasteiger partial charge in [0, 0.05) is 18.5 Å². The molecule has 3 rings (SSSR count). The molecule has 3 heterocycles. The van der Waals surface area contributed by atoms with E-state index in [1.807, 2.05) is 4.98 Å². The monoisotopic (exact) mass is 372 g/mol. The van der Waals surface area contributed by atoms with Crippen molar-refractivity contribution in [1.82, 2.24) is 19.5 Å².